The van der Waals surface area contributed by atoms with E-state index in [1.54, 1.807) is 0 Å². The van der Waals surface area contributed by atoms with Crippen molar-refractivity contribution in [3.05, 3.63) is 68.6 Å². The average Bonchev–Trinajstić information content (AvgIpc) is 2.39. The highest BCUT2D eigenvalue weighted by Crippen LogP contribution is 2.24. The summed E-state index contributed by atoms with van der Waals surface area (Å²) in [5.74, 6) is 0. The van der Waals surface area contributed by atoms with Gasteiger partial charge < -0.3 is 11.5 Å². The van der Waals surface area contributed by atoms with E-state index >= 15 is 0 Å². The Morgan fingerprint density at radius 1 is 0.611 bits per heavy atom. The average molecular weight is 372 g/mol. The van der Waals surface area contributed by atoms with Crippen LogP contribution >= 0.6 is 31.9 Å². The molecule has 0 saturated heterocycles. The monoisotopic (exact) mass is 370 g/mol. The van der Waals surface area contributed by atoms with Crippen LogP contribution in [0.4, 0.5) is 0 Å². The van der Waals surface area contributed by atoms with Crippen molar-refractivity contribution in [2.24, 2.45) is 0 Å². The Bertz CT molecular complexity index is 459. The van der Waals surface area contributed by atoms with E-state index in [0.29, 0.717) is 0 Å². The first-order chi connectivity index (χ1) is 8.58. The molecule has 94 valence electrons. The van der Waals surface area contributed by atoms with Gasteiger partial charge in [-0.1, -0.05) is 56.1 Å². The maximum absolute atomic E-state index is 4.25. The molecule has 0 fully saturated rings. The van der Waals surface area contributed by atoms with E-state index in [-0.39, 0.29) is 12.1 Å². The third-order valence-electron chi connectivity index (χ3n) is 3.08. The molecule has 2 aromatic carbocycles. The van der Waals surface area contributed by atoms with Crippen LogP contribution in [0.2, 0.25) is 0 Å². The van der Waals surface area contributed by atoms with E-state index in [4.69, 9.17) is 0 Å². The normalized spacial score (nSPS) is 14.2. The van der Waals surface area contributed by atoms with Crippen molar-refractivity contribution in [1.82, 2.24) is 0 Å². The molecule has 0 saturated carbocycles. The van der Waals surface area contributed by atoms with Crippen LogP contribution in [0.5, 0.6) is 0 Å². The summed E-state index contributed by atoms with van der Waals surface area (Å²) in [4.78, 5) is 0. The van der Waals surface area contributed by atoms with E-state index in [1.165, 1.54) is 11.1 Å². The van der Waals surface area contributed by atoms with Gasteiger partial charge in [0.15, 0.2) is 12.1 Å². The van der Waals surface area contributed by atoms with E-state index in [0.717, 1.165) is 8.95 Å². The Morgan fingerprint density at radius 2 is 0.889 bits per heavy atom. The second-order valence-corrected chi connectivity index (χ2v) is 6.15. The molecular formula is C14H16Br2N2+2. The number of hydrogen-bond acceptors (Lipinski definition) is 0. The van der Waals surface area contributed by atoms with E-state index < -0.39 is 0 Å². The lowest BCUT2D eigenvalue weighted by Crippen LogP contribution is -2.68. The Kier molecular flexibility index (Phi) is 4.56. The van der Waals surface area contributed by atoms with Crippen molar-refractivity contribution in [2.75, 3.05) is 0 Å². The molecule has 0 aliphatic rings. The lowest BCUT2D eigenvalue weighted by molar-refractivity contribution is -0.540. The topological polar surface area (TPSA) is 55.3 Å². The zero-order valence-electron chi connectivity index (χ0n) is 9.94. The minimum absolute atomic E-state index is 0.152. The number of rotatable bonds is 3. The highest BCUT2D eigenvalue weighted by molar-refractivity contribution is 9.10. The van der Waals surface area contributed by atoms with Crippen LogP contribution in [-0.2, 0) is 0 Å². The molecule has 0 spiro atoms. The standard InChI is InChI=1S/C14H14Br2N2/c15-11-5-1-9(2-6-11)13(17)14(18)10-3-7-12(16)8-4-10/h1-8,13-14H,17-18H2/p+2/t13-,14+. The van der Waals surface area contributed by atoms with Gasteiger partial charge in [-0.2, -0.15) is 0 Å². The molecule has 4 heteroatoms. The lowest BCUT2D eigenvalue weighted by atomic mass is 9.95. The predicted octanol–water partition coefficient (Wildman–Crippen LogP) is 2.48. The van der Waals surface area contributed by atoms with E-state index in [1.807, 2.05) is 24.3 Å². The van der Waals surface area contributed by atoms with Gasteiger partial charge in [-0.3, -0.25) is 0 Å². The van der Waals surface area contributed by atoms with Gasteiger partial charge in [-0.05, 0) is 24.3 Å². The van der Waals surface area contributed by atoms with Gasteiger partial charge in [0.2, 0.25) is 0 Å². The maximum Gasteiger partial charge on any atom is 0.167 e. The fourth-order valence-electron chi connectivity index (χ4n) is 1.88. The Labute approximate surface area is 124 Å². The Balaban J connectivity index is 2.20. The maximum atomic E-state index is 4.25. The van der Waals surface area contributed by atoms with Crippen molar-refractivity contribution in [3.63, 3.8) is 0 Å². The van der Waals surface area contributed by atoms with Gasteiger partial charge >= 0.3 is 0 Å². The number of hydrogen-bond donors (Lipinski definition) is 2. The molecule has 0 heterocycles. The fourth-order valence-corrected chi connectivity index (χ4v) is 2.41. The zero-order chi connectivity index (χ0) is 13.1. The van der Waals surface area contributed by atoms with Gasteiger partial charge in [-0.15, -0.1) is 0 Å². The minimum atomic E-state index is 0.152. The lowest BCUT2D eigenvalue weighted by Gasteiger charge is -2.14. The molecule has 18 heavy (non-hydrogen) atoms. The van der Waals surface area contributed by atoms with Crippen molar-refractivity contribution in [2.45, 2.75) is 12.1 Å². The van der Waals surface area contributed by atoms with Gasteiger partial charge in [0, 0.05) is 20.1 Å². The van der Waals surface area contributed by atoms with Gasteiger partial charge in [0.1, 0.15) is 0 Å². The molecular weight excluding hydrogens is 356 g/mol. The quantitative estimate of drug-likeness (QED) is 0.832. The summed E-state index contributed by atoms with van der Waals surface area (Å²) in [6.45, 7) is 0. The highest BCUT2D eigenvalue weighted by Gasteiger charge is 2.24. The van der Waals surface area contributed by atoms with Crippen LogP contribution in [0.25, 0.3) is 0 Å². The molecule has 0 aromatic heterocycles. The molecule has 2 nitrogen and oxygen atoms in total. The van der Waals surface area contributed by atoms with Crippen molar-refractivity contribution in [3.8, 4) is 0 Å². The van der Waals surface area contributed by atoms with Gasteiger partial charge in [0.25, 0.3) is 0 Å². The molecule has 0 aliphatic carbocycles. The first-order valence-electron chi connectivity index (χ1n) is 5.75. The van der Waals surface area contributed by atoms with Crippen molar-refractivity contribution < 1.29 is 11.5 Å². The van der Waals surface area contributed by atoms with E-state index in [9.17, 15) is 0 Å². The number of quaternary nitrogens is 2. The largest absolute Gasteiger partial charge is 0.346 e. The molecule has 0 unspecified atom stereocenters. The van der Waals surface area contributed by atoms with Gasteiger partial charge in [0.05, 0.1) is 0 Å². The molecule has 0 bridgehead atoms. The predicted molar refractivity (Wildman–Crippen MR) is 79.5 cm³/mol. The zero-order valence-corrected chi connectivity index (χ0v) is 13.1. The summed E-state index contributed by atoms with van der Waals surface area (Å²) in [5, 5.41) is 0. The summed E-state index contributed by atoms with van der Waals surface area (Å²) in [7, 11) is 0. The van der Waals surface area contributed by atoms with Gasteiger partial charge in [-0.25, -0.2) is 0 Å². The summed E-state index contributed by atoms with van der Waals surface area (Å²) in [5.41, 5.74) is 10.9. The van der Waals surface area contributed by atoms with Crippen LogP contribution in [-0.4, -0.2) is 0 Å². The van der Waals surface area contributed by atoms with Crippen molar-refractivity contribution in [1.29, 1.82) is 0 Å². The SMILES string of the molecule is [NH3+][C@H](c1ccc(Br)cc1)[C@@H]([NH3+])c1ccc(Br)cc1. The Hall–Kier alpha value is -0.680. The molecule has 0 radical (unpaired) electrons. The summed E-state index contributed by atoms with van der Waals surface area (Å²) < 4.78 is 2.17. The Morgan fingerprint density at radius 3 is 1.17 bits per heavy atom. The molecule has 2 aromatic rings. The second-order valence-electron chi connectivity index (χ2n) is 4.32. The molecule has 0 aliphatic heterocycles. The minimum Gasteiger partial charge on any atom is -0.346 e. The second kappa shape index (κ2) is 5.97. The fraction of sp³-hybridized carbons (Fsp3) is 0.143. The van der Waals surface area contributed by atoms with Crippen LogP contribution < -0.4 is 11.5 Å². The number of benzene rings is 2. The first-order valence-corrected chi connectivity index (χ1v) is 7.33. The van der Waals surface area contributed by atoms with Crippen LogP contribution in [0.15, 0.2) is 57.5 Å². The number of halogens is 2. The molecule has 0 amide bonds. The first kappa shape index (κ1) is 13.7. The molecule has 6 N–H and O–H groups in total. The molecule has 2 atom stereocenters. The third kappa shape index (κ3) is 3.20. The van der Waals surface area contributed by atoms with Crippen LogP contribution in [0, 0.1) is 0 Å². The summed E-state index contributed by atoms with van der Waals surface area (Å²) in [6.07, 6.45) is 0. The summed E-state index contributed by atoms with van der Waals surface area (Å²) in [6, 6.07) is 16.9. The van der Waals surface area contributed by atoms with Crippen LogP contribution in [0.1, 0.15) is 23.2 Å². The highest BCUT2D eigenvalue weighted by atomic mass is 79.9. The molecule has 2 rings (SSSR count). The smallest absolute Gasteiger partial charge is 0.167 e. The third-order valence-corrected chi connectivity index (χ3v) is 4.14. The summed E-state index contributed by atoms with van der Waals surface area (Å²) >= 11 is 6.89. The van der Waals surface area contributed by atoms with E-state index in [2.05, 4.69) is 67.6 Å². The van der Waals surface area contributed by atoms with Crippen LogP contribution in [0.3, 0.4) is 0 Å². The van der Waals surface area contributed by atoms with Crippen molar-refractivity contribution >= 4 is 31.9 Å².